The molecule has 2 aromatic rings. The van der Waals surface area contributed by atoms with Crippen molar-refractivity contribution in [3.63, 3.8) is 0 Å². The van der Waals surface area contributed by atoms with Gasteiger partial charge in [0.25, 0.3) is 0 Å². The van der Waals surface area contributed by atoms with E-state index in [1.165, 1.54) is 5.57 Å². The van der Waals surface area contributed by atoms with Gasteiger partial charge in [-0.05, 0) is 61.2 Å². The molecule has 0 fully saturated rings. The van der Waals surface area contributed by atoms with Crippen molar-refractivity contribution < 1.29 is 9.53 Å². The van der Waals surface area contributed by atoms with Gasteiger partial charge in [0.2, 0.25) is 5.88 Å². The fourth-order valence-electron chi connectivity index (χ4n) is 3.28. The van der Waals surface area contributed by atoms with Crippen molar-refractivity contribution >= 4 is 29.0 Å². The summed E-state index contributed by atoms with van der Waals surface area (Å²) in [6.45, 7) is 5.65. The summed E-state index contributed by atoms with van der Waals surface area (Å²) in [6, 6.07) is 9.66. The van der Waals surface area contributed by atoms with Crippen LogP contribution in [0.15, 0.2) is 48.7 Å². The Hall–Kier alpha value is -2.43. The molecule has 0 spiro atoms. The number of ketones is 1. The number of Topliss-reactive ketones (excluding diaryl/α,β-unsaturated/α-hetero) is 1. The SMILES string of the molecule is CC(=O)C[C@@H](C)/C=C/c1ccc(Oc2ccc(C3=CCN(C)CC3)cc2Cl)nc1. The molecule has 29 heavy (non-hydrogen) atoms. The molecule has 5 heteroatoms. The highest BCUT2D eigenvalue weighted by molar-refractivity contribution is 6.32. The number of pyridine rings is 1. The van der Waals surface area contributed by atoms with E-state index in [1.807, 2.05) is 49.4 Å². The first kappa shape index (κ1) is 21.3. The number of nitrogens with zero attached hydrogens (tertiary/aromatic N) is 2. The normalized spacial score (nSPS) is 15.9. The van der Waals surface area contributed by atoms with Gasteiger partial charge in [-0.3, -0.25) is 0 Å². The zero-order chi connectivity index (χ0) is 20.8. The molecule has 152 valence electrons. The van der Waals surface area contributed by atoms with Gasteiger partial charge in [0.05, 0.1) is 5.02 Å². The Morgan fingerprint density at radius 2 is 2.17 bits per heavy atom. The number of allylic oxidation sites excluding steroid dienone is 1. The quantitative estimate of drug-likeness (QED) is 0.572. The molecule has 1 atom stereocenters. The molecule has 1 aromatic carbocycles. The predicted molar refractivity (Wildman–Crippen MR) is 119 cm³/mol. The summed E-state index contributed by atoms with van der Waals surface area (Å²) < 4.78 is 5.86. The highest BCUT2D eigenvalue weighted by Crippen LogP contribution is 2.33. The average Bonchev–Trinajstić information content (AvgIpc) is 2.69. The minimum atomic E-state index is 0.194. The maximum Gasteiger partial charge on any atom is 0.219 e. The molecule has 1 aliphatic rings. The number of halogens is 1. The van der Waals surface area contributed by atoms with Gasteiger partial charge in [-0.25, -0.2) is 4.98 Å². The van der Waals surface area contributed by atoms with E-state index >= 15 is 0 Å². The van der Waals surface area contributed by atoms with Gasteiger partial charge < -0.3 is 14.4 Å². The van der Waals surface area contributed by atoms with E-state index in [0.717, 1.165) is 30.6 Å². The van der Waals surface area contributed by atoms with Crippen molar-refractivity contribution in [3.8, 4) is 11.6 Å². The van der Waals surface area contributed by atoms with Crippen molar-refractivity contribution in [3.05, 3.63) is 64.8 Å². The van der Waals surface area contributed by atoms with Crippen molar-refractivity contribution in [1.29, 1.82) is 0 Å². The third kappa shape index (κ3) is 6.28. The predicted octanol–water partition coefficient (Wildman–Crippen LogP) is 5.87. The number of benzene rings is 1. The first-order valence-corrected chi connectivity index (χ1v) is 10.3. The van der Waals surface area contributed by atoms with E-state index < -0.39 is 0 Å². The molecule has 0 N–H and O–H groups in total. The maximum atomic E-state index is 11.2. The zero-order valence-electron chi connectivity index (χ0n) is 17.2. The lowest BCUT2D eigenvalue weighted by atomic mass is 10.00. The lowest BCUT2D eigenvalue weighted by Crippen LogP contribution is -2.23. The number of hydrogen-bond donors (Lipinski definition) is 0. The lowest BCUT2D eigenvalue weighted by Gasteiger charge is -2.22. The van der Waals surface area contributed by atoms with Gasteiger partial charge in [0.1, 0.15) is 11.5 Å². The minimum absolute atomic E-state index is 0.194. The second-order valence-electron chi connectivity index (χ2n) is 7.66. The molecule has 0 amide bonds. The topological polar surface area (TPSA) is 42.4 Å². The van der Waals surface area contributed by atoms with Gasteiger partial charge >= 0.3 is 0 Å². The Balaban J connectivity index is 1.64. The molecular weight excluding hydrogens is 384 g/mol. The number of rotatable bonds is 7. The first-order valence-electron chi connectivity index (χ1n) is 9.90. The molecule has 4 nitrogen and oxygen atoms in total. The van der Waals surface area contributed by atoms with E-state index in [0.29, 0.717) is 23.1 Å². The molecule has 0 unspecified atom stereocenters. The van der Waals surface area contributed by atoms with E-state index in [-0.39, 0.29) is 11.7 Å². The Morgan fingerprint density at radius 3 is 2.79 bits per heavy atom. The van der Waals surface area contributed by atoms with E-state index in [1.54, 1.807) is 13.1 Å². The number of aromatic nitrogens is 1. The zero-order valence-corrected chi connectivity index (χ0v) is 17.9. The minimum Gasteiger partial charge on any atom is -0.437 e. The number of carbonyl (C=O) groups excluding carboxylic acids is 1. The Kier molecular flexibility index (Phi) is 7.24. The van der Waals surface area contributed by atoms with Gasteiger partial charge in [0.15, 0.2) is 0 Å². The smallest absolute Gasteiger partial charge is 0.219 e. The molecule has 1 aliphatic heterocycles. The molecule has 0 radical (unpaired) electrons. The molecule has 0 bridgehead atoms. The van der Waals surface area contributed by atoms with Crippen molar-refractivity contribution in [1.82, 2.24) is 9.88 Å². The summed E-state index contributed by atoms with van der Waals surface area (Å²) in [5, 5.41) is 0.575. The summed E-state index contributed by atoms with van der Waals surface area (Å²) in [4.78, 5) is 17.8. The summed E-state index contributed by atoms with van der Waals surface area (Å²) in [7, 11) is 2.12. The van der Waals surface area contributed by atoms with Crippen LogP contribution in [0.3, 0.4) is 0 Å². The van der Waals surface area contributed by atoms with Crippen LogP contribution in [-0.4, -0.2) is 35.8 Å². The van der Waals surface area contributed by atoms with Crippen molar-refractivity contribution in [2.45, 2.75) is 26.7 Å². The highest BCUT2D eigenvalue weighted by atomic mass is 35.5. The number of likely N-dealkylation sites (N-methyl/N-ethyl adjacent to an activating group) is 1. The molecule has 1 aromatic heterocycles. The molecule has 0 aliphatic carbocycles. The fourth-order valence-corrected chi connectivity index (χ4v) is 3.50. The summed E-state index contributed by atoms with van der Waals surface area (Å²) in [5.41, 5.74) is 3.43. The summed E-state index contributed by atoms with van der Waals surface area (Å²) in [6.07, 6.45) is 9.56. The standard InChI is InChI=1S/C24H27ClN2O2/c1-17(14-18(2)28)4-5-19-6-9-24(26-16-19)29-23-8-7-21(15-22(23)25)20-10-12-27(3)13-11-20/h4-10,15-17H,11-14H2,1-3H3/b5-4+/t17-/m0/s1. The van der Waals surface area contributed by atoms with Gasteiger partial charge in [-0.2, -0.15) is 0 Å². The van der Waals surface area contributed by atoms with E-state index in [4.69, 9.17) is 16.3 Å². The van der Waals surface area contributed by atoms with Crippen LogP contribution < -0.4 is 4.74 Å². The maximum absolute atomic E-state index is 11.2. The van der Waals surface area contributed by atoms with Crippen LogP contribution in [0, 0.1) is 5.92 Å². The second-order valence-corrected chi connectivity index (χ2v) is 8.07. The van der Waals surface area contributed by atoms with Gasteiger partial charge in [-0.15, -0.1) is 0 Å². The number of ether oxygens (including phenoxy) is 1. The Morgan fingerprint density at radius 1 is 1.34 bits per heavy atom. The van der Waals surface area contributed by atoms with E-state index in [9.17, 15) is 4.79 Å². The first-order chi connectivity index (χ1) is 13.9. The summed E-state index contributed by atoms with van der Waals surface area (Å²) >= 11 is 6.46. The molecule has 3 rings (SSSR count). The number of hydrogen-bond acceptors (Lipinski definition) is 4. The van der Waals surface area contributed by atoms with Crippen LogP contribution in [0.25, 0.3) is 11.6 Å². The number of carbonyl (C=O) groups is 1. The second kappa shape index (κ2) is 9.86. The third-order valence-electron chi connectivity index (χ3n) is 4.92. The molecule has 0 saturated carbocycles. The van der Waals surface area contributed by atoms with Gasteiger partial charge in [-0.1, -0.05) is 42.8 Å². The monoisotopic (exact) mass is 410 g/mol. The lowest BCUT2D eigenvalue weighted by molar-refractivity contribution is -0.117. The van der Waals surface area contributed by atoms with Crippen LogP contribution >= 0.6 is 11.6 Å². The Bertz CT molecular complexity index is 919. The van der Waals surface area contributed by atoms with E-state index in [2.05, 4.69) is 23.0 Å². The van der Waals surface area contributed by atoms with Crippen LogP contribution in [-0.2, 0) is 4.79 Å². The fraction of sp³-hybridized carbons (Fsp3) is 0.333. The highest BCUT2D eigenvalue weighted by Gasteiger charge is 2.12. The van der Waals surface area contributed by atoms with Crippen LogP contribution in [0.4, 0.5) is 0 Å². The van der Waals surface area contributed by atoms with Crippen LogP contribution in [0.2, 0.25) is 5.02 Å². The summed E-state index contributed by atoms with van der Waals surface area (Å²) in [5.74, 6) is 1.49. The van der Waals surface area contributed by atoms with Crippen molar-refractivity contribution in [2.24, 2.45) is 5.92 Å². The third-order valence-corrected chi connectivity index (χ3v) is 5.21. The molecule has 2 heterocycles. The van der Waals surface area contributed by atoms with Crippen LogP contribution in [0.5, 0.6) is 11.6 Å². The average molecular weight is 411 g/mol. The molecular formula is C24H27ClN2O2. The molecule has 0 saturated heterocycles. The van der Waals surface area contributed by atoms with Crippen LogP contribution in [0.1, 0.15) is 37.8 Å². The van der Waals surface area contributed by atoms with Crippen molar-refractivity contribution in [2.75, 3.05) is 20.1 Å². The Labute approximate surface area is 177 Å². The van der Waals surface area contributed by atoms with Gasteiger partial charge in [0, 0.05) is 31.8 Å². The largest absolute Gasteiger partial charge is 0.437 e.